The van der Waals surface area contributed by atoms with Crippen LogP contribution in [-0.4, -0.2) is 10.5 Å². The van der Waals surface area contributed by atoms with Crippen molar-refractivity contribution in [3.8, 4) is 0 Å². The van der Waals surface area contributed by atoms with E-state index in [9.17, 15) is 0 Å². The number of rotatable bonds is 3. The highest BCUT2D eigenvalue weighted by Gasteiger charge is 2.22. The zero-order valence-corrected chi connectivity index (χ0v) is 9.97. The smallest absolute Gasteiger partial charge is 0.0649 e. The average Bonchev–Trinajstić information content (AvgIpc) is 2.57. The average molecular weight is 220 g/mol. The van der Waals surface area contributed by atoms with Crippen molar-refractivity contribution in [3.05, 3.63) is 41.2 Å². The summed E-state index contributed by atoms with van der Waals surface area (Å²) in [5.74, 6) is 0.989. The number of hydrogen-bond acceptors (Lipinski definition) is 3. The van der Waals surface area contributed by atoms with Crippen LogP contribution in [0.3, 0.4) is 0 Å². The van der Waals surface area contributed by atoms with E-state index in [0.29, 0.717) is 0 Å². The van der Waals surface area contributed by atoms with E-state index in [0.717, 1.165) is 12.2 Å². The summed E-state index contributed by atoms with van der Waals surface area (Å²) < 4.78 is 0. The molecular weight excluding hydrogens is 204 g/mol. The van der Waals surface area contributed by atoms with Crippen LogP contribution in [0, 0.1) is 0 Å². The molecular formula is C12H16N2S. The molecule has 0 fully saturated rings. The van der Waals surface area contributed by atoms with Gasteiger partial charge in [-0.05, 0) is 31.9 Å². The van der Waals surface area contributed by atoms with Gasteiger partial charge in [-0.2, -0.15) is 0 Å². The predicted octanol–water partition coefficient (Wildman–Crippen LogP) is 2.93. The molecule has 1 aromatic rings. The SMILES string of the molecule is CC1(C)CC=C(SCc2cccnc2)N1. The van der Waals surface area contributed by atoms with Gasteiger partial charge in [0.1, 0.15) is 0 Å². The van der Waals surface area contributed by atoms with Crippen molar-refractivity contribution in [2.24, 2.45) is 0 Å². The van der Waals surface area contributed by atoms with Gasteiger partial charge < -0.3 is 5.32 Å². The van der Waals surface area contributed by atoms with E-state index in [-0.39, 0.29) is 5.54 Å². The second-order valence-electron chi connectivity index (χ2n) is 4.43. The molecule has 15 heavy (non-hydrogen) atoms. The van der Waals surface area contributed by atoms with Crippen molar-refractivity contribution in [3.63, 3.8) is 0 Å². The normalized spacial score (nSPS) is 18.4. The van der Waals surface area contributed by atoms with Crippen LogP contribution in [0.1, 0.15) is 25.8 Å². The fourth-order valence-corrected chi connectivity index (χ4v) is 2.57. The minimum atomic E-state index is 0.233. The highest BCUT2D eigenvalue weighted by atomic mass is 32.2. The molecule has 1 aromatic heterocycles. The molecule has 0 unspecified atom stereocenters. The van der Waals surface area contributed by atoms with E-state index in [1.165, 1.54) is 10.6 Å². The van der Waals surface area contributed by atoms with Crippen LogP contribution >= 0.6 is 11.8 Å². The first-order valence-electron chi connectivity index (χ1n) is 5.16. The summed E-state index contributed by atoms with van der Waals surface area (Å²) in [4.78, 5) is 4.11. The lowest BCUT2D eigenvalue weighted by molar-refractivity contribution is 0.474. The van der Waals surface area contributed by atoms with E-state index in [4.69, 9.17) is 0 Å². The monoisotopic (exact) mass is 220 g/mol. The second-order valence-corrected chi connectivity index (χ2v) is 5.45. The molecule has 0 radical (unpaired) electrons. The van der Waals surface area contributed by atoms with Gasteiger partial charge in [0.05, 0.1) is 5.03 Å². The number of thioether (sulfide) groups is 1. The van der Waals surface area contributed by atoms with Gasteiger partial charge in [-0.3, -0.25) is 4.98 Å². The first kappa shape index (κ1) is 10.6. The standard InChI is InChI=1S/C12H16N2S/c1-12(2)6-5-11(14-12)15-9-10-4-3-7-13-8-10/h3-5,7-8,14H,6,9H2,1-2H3. The molecule has 0 aromatic carbocycles. The third-order valence-electron chi connectivity index (χ3n) is 2.38. The van der Waals surface area contributed by atoms with Crippen LogP contribution in [0.25, 0.3) is 0 Å². The first-order valence-corrected chi connectivity index (χ1v) is 6.14. The summed E-state index contributed by atoms with van der Waals surface area (Å²) in [6.07, 6.45) is 7.13. The third kappa shape index (κ3) is 2.99. The van der Waals surface area contributed by atoms with Crippen molar-refractivity contribution < 1.29 is 0 Å². The van der Waals surface area contributed by atoms with Crippen molar-refractivity contribution in [1.82, 2.24) is 10.3 Å². The van der Waals surface area contributed by atoms with Gasteiger partial charge in [0, 0.05) is 23.7 Å². The van der Waals surface area contributed by atoms with Gasteiger partial charge in [0.15, 0.2) is 0 Å². The Morgan fingerprint density at radius 2 is 2.40 bits per heavy atom. The lowest BCUT2D eigenvalue weighted by Gasteiger charge is -2.20. The predicted molar refractivity (Wildman–Crippen MR) is 65.4 cm³/mol. The minimum absolute atomic E-state index is 0.233. The highest BCUT2D eigenvalue weighted by Crippen LogP contribution is 2.28. The Morgan fingerprint density at radius 3 is 3.00 bits per heavy atom. The molecule has 0 saturated heterocycles. The number of nitrogens with one attached hydrogen (secondary N) is 1. The van der Waals surface area contributed by atoms with Crippen molar-refractivity contribution in [1.29, 1.82) is 0 Å². The van der Waals surface area contributed by atoms with Gasteiger partial charge in [-0.1, -0.05) is 12.1 Å². The Balaban J connectivity index is 1.85. The molecule has 1 aliphatic rings. The van der Waals surface area contributed by atoms with Crippen LogP contribution in [0.5, 0.6) is 0 Å². The number of pyridine rings is 1. The number of hydrogen-bond donors (Lipinski definition) is 1. The van der Waals surface area contributed by atoms with E-state index in [2.05, 4.69) is 36.3 Å². The topological polar surface area (TPSA) is 24.9 Å². The molecule has 0 bridgehead atoms. The molecule has 2 heterocycles. The van der Waals surface area contributed by atoms with Crippen molar-refractivity contribution in [2.75, 3.05) is 0 Å². The maximum absolute atomic E-state index is 4.11. The fraction of sp³-hybridized carbons (Fsp3) is 0.417. The highest BCUT2D eigenvalue weighted by molar-refractivity contribution is 8.02. The zero-order chi connectivity index (χ0) is 10.7. The fourth-order valence-electron chi connectivity index (χ4n) is 1.52. The zero-order valence-electron chi connectivity index (χ0n) is 9.16. The molecule has 1 N–H and O–H groups in total. The van der Waals surface area contributed by atoms with Crippen molar-refractivity contribution >= 4 is 11.8 Å². The Labute approximate surface area is 95.2 Å². The summed E-state index contributed by atoms with van der Waals surface area (Å²) >= 11 is 1.85. The molecule has 0 atom stereocenters. The molecule has 80 valence electrons. The Hall–Kier alpha value is -0.960. The lowest BCUT2D eigenvalue weighted by Crippen LogP contribution is -2.32. The molecule has 0 spiro atoms. The molecule has 0 aliphatic carbocycles. The maximum Gasteiger partial charge on any atom is 0.0649 e. The van der Waals surface area contributed by atoms with Gasteiger partial charge >= 0.3 is 0 Å². The lowest BCUT2D eigenvalue weighted by atomic mass is 10.1. The van der Waals surface area contributed by atoms with E-state index < -0.39 is 0 Å². The minimum Gasteiger partial charge on any atom is -0.375 e. The molecule has 0 amide bonds. The van der Waals surface area contributed by atoms with E-state index in [1.54, 1.807) is 0 Å². The Morgan fingerprint density at radius 1 is 1.53 bits per heavy atom. The summed E-state index contributed by atoms with van der Waals surface area (Å²) in [5.41, 5.74) is 1.51. The first-order chi connectivity index (χ1) is 7.16. The molecule has 2 nitrogen and oxygen atoms in total. The summed E-state index contributed by atoms with van der Waals surface area (Å²) in [5, 5.41) is 4.80. The van der Waals surface area contributed by atoms with E-state index in [1.807, 2.05) is 30.2 Å². The molecule has 3 heteroatoms. The number of nitrogens with zero attached hydrogens (tertiary/aromatic N) is 1. The van der Waals surface area contributed by atoms with Crippen molar-refractivity contribution in [2.45, 2.75) is 31.6 Å². The van der Waals surface area contributed by atoms with E-state index >= 15 is 0 Å². The largest absolute Gasteiger partial charge is 0.375 e. The van der Waals surface area contributed by atoms with Crippen LogP contribution in [-0.2, 0) is 5.75 Å². The van der Waals surface area contributed by atoms with Crippen LogP contribution < -0.4 is 5.32 Å². The van der Waals surface area contributed by atoms with Crippen LogP contribution in [0.4, 0.5) is 0 Å². The van der Waals surface area contributed by atoms with Crippen LogP contribution in [0.2, 0.25) is 0 Å². The van der Waals surface area contributed by atoms with Gasteiger partial charge in [-0.15, -0.1) is 11.8 Å². The van der Waals surface area contributed by atoms with Crippen LogP contribution in [0.15, 0.2) is 35.6 Å². The number of aromatic nitrogens is 1. The molecule has 2 rings (SSSR count). The van der Waals surface area contributed by atoms with Gasteiger partial charge in [-0.25, -0.2) is 0 Å². The molecule has 0 saturated carbocycles. The second kappa shape index (κ2) is 4.27. The van der Waals surface area contributed by atoms with Gasteiger partial charge in [0.2, 0.25) is 0 Å². The van der Waals surface area contributed by atoms with Gasteiger partial charge in [0.25, 0.3) is 0 Å². The Kier molecular flexibility index (Phi) is 3.00. The quantitative estimate of drug-likeness (QED) is 0.847. The summed E-state index contributed by atoms with van der Waals surface area (Å²) in [6.45, 7) is 4.45. The maximum atomic E-state index is 4.11. The summed E-state index contributed by atoms with van der Waals surface area (Å²) in [7, 11) is 0. The summed E-state index contributed by atoms with van der Waals surface area (Å²) in [6, 6.07) is 4.09. The third-order valence-corrected chi connectivity index (χ3v) is 3.43. The molecule has 1 aliphatic heterocycles. The Bertz CT molecular complexity index is 357.